The topological polar surface area (TPSA) is 121 Å². The third kappa shape index (κ3) is 8.54. The van der Waals surface area contributed by atoms with Crippen LogP contribution in [-0.2, 0) is 30.7 Å². The van der Waals surface area contributed by atoms with E-state index in [9.17, 15) is 23.1 Å². The van der Waals surface area contributed by atoms with Crippen molar-refractivity contribution >= 4 is 22.7 Å². The predicted molar refractivity (Wildman–Crippen MR) is 189 cm³/mol. The van der Waals surface area contributed by atoms with E-state index in [4.69, 9.17) is 35.5 Å². The number of nitrogens with one attached hydrogen (secondary N) is 1. The average molecular weight is 728 g/mol. The molecular formula is C39H36F3N5O6. The number of aromatic carboxylic acids is 1. The Morgan fingerprint density at radius 2 is 1.92 bits per heavy atom. The number of carboxylic acids is 1. The van der Waals surface area contributed by atoms with Crippen LogP contribution in [0.15, 0.2) is 66.7 Å². The molecule has 0 saturated carbocycles. The van der Waals surface area contributed by atoms with Crippen LogP contribution in [0.5, 0.6) is 17.4 Å². The van der Waals surface area contributed by atoms with Crippen molar-refractivity contribution in [2.45, 2.75) is 51.1 Å². The van der Waals surface area contributed by atoms with Crippen molar-refractivity contribution in [3.63, 3.8) is 0 Å². The number of alkyl halides is 3. The minimum atomic E-state index is -4.37. The highest BCUT2D eigenvalue weighted by Crippen LogP contribution is 2.34. The van der Waals surface area contributed by atoms with Gasteiger partial charge in [0, 0.05) is 36.8 Å². The molecule has 2 aromatic heterocycles. The van der Waals surface area contributed by atoms with E-state index in [1.807, 2.05) is 47.0 Å². The molecule has 5 aromatic rings. The summed E-state index contributed by atoms with van der Waals surface area (Å²) in [6.07, 6.45) is -1.99. The molecule has 1 saturated heterocycles. The van der Waals surface area contributed by atoms with Gasteiger partial charge in [0.1, 0.15) is 36.1 Å². The van der Waals surface area contributed by atoms with Crippen LogP contribution in [0, 0.1) is 6.57 Å². The summed E-state index contributed by atoms with van der Waals surface area (Å²) in [6.45, 7) is 7.81. The van der Waals surface area contributed by atoms with E-state index >= 15 is 0 Å². The lowest BCUT2D eigenvalue weighted by Gasteiger charge is -2.27. The number of halogens is 3. The van der Waals surface area contributed by atoms with Crippen molar-refractivity contribution in [1.29, 1.82) is 0 Å². The Balaban J connectivity index is 1.23. The zero-order valence-corrected chi connectivity index (χ0v) is 28.6. The predicted octanol–water partition coefficient (Wildman–Crippen LogP) is 7.16. The molecular weight excluding hydrogens is 691 g/mol. The SMILES string of the molecule is [C-]#[N+]c1ccc2c(c1)CCCOc1cc(ccc1Cc1nc3c(OCCNCC(F)(F)F)cc(C(=O)O)cc3n1C[C@@H]1CCO1)-c1cccc(n1)OC2. The molecule has 0 radical (unpaired) electrons. The quantitative estimate of drug-likeness (QED) is 0.114. The smallest absolute Gasteiger partial charge is 0.401 e. The summed E-state index contributed by atoms with van der Waals surface area (Å²) in [7, 11) is 0. The van der Waals surface area contributed by atoms with Crippen molar-refractivity contribution in [1.82, 2.24) is 19.9 Å². The summed E-state index contributed by atoms with van der Waals surface area (Å²) in [5, 5.41) is 12.2. The molecule has 11 nitrogen and oxygen atoms in total. The van der Waals surface area contributed by atoms with Gasteiger partial charge in [0.05, 0.1) is 49.1 Å². The largest absolute Gasteiger partial charge is 0.493 e. The molecule has 2 aliphatic heterocycles. The summed E-state index contributed by atoms with van der Waals surface area (Å²) in [6, 6.07) is 19.9. The number of fused-ring (bicyclic) bond motifs is 7. The van der Waals surface area contributed by atoms with Gasteiger partial charge in [-0.2, -0.15) is 13.2 Å². The standard InChI is InChI=1S/C39H36F3N5O6/c1-43-29-10-9-27-22-53-36-6-2-5-31(45-36)25-7-8-26(33(18-25)51-13-3-4-24(27)16-29)20-35-46-37-32(47(35)21-30-11-14-50-30)17-28(38(48)49)19-34(37)52-15-12-44-23-39(40,41)42/h2,5-10,16-19,30,44H,3-4,11-15,20-23H2,(H,48,49)/t30-/m0/s1. The van der Waals surface area contributed by atoms with Crippen molar-refractivity contribution in [2.24, 2.45) is 0 Å². The molecule has 53 heavy (non-hydrogen) atoms. The van der Waals surface area contributed by atoms with Gasteiger partial charge in [-0.05, 0) is 49.1 Å². The highest BCUT2D eigenvalue weighted by molar-refractivity contribution is 5.95. The van der Waals surface area contributed by atoms with Crippen LogP contribution in [0.4, 0.5) is 18.9 Å². The highest BCUT2D eigenvalue weighted by Gasteiger charge is 2.27. The van der Waals surface area contributed by atoms with Crippen molar-refractivity contribution in [3.8, 4) is 28.6 Å². The van der Waals surface area contributed by atoms with E-state index in [2.05, 4.69) is 10.2 Å². The summed E-state index contributed by atoms with van der Waals surface area (Å²) < 4.78 is 64.1. The maximum atomic E-state index is 12.7. The first-order chi connectivity index (χ1) is 25.6. The Morgan fingerprint density at radius 3 is 2.70 bits per heavy atom. The molecule has 2 N–H and O–H groups in total. The van der Waals surface area contributed by atoms with Crippen molar-refractivity contribution in [2.75, 3.05) is 32.9 Å². The second kappa shape index (κ2) is 15.5. The number of aromatic nitrogens is 3. The first-order valence-corrected chi connectivity index (χ1v) is 17.3. The number of aryl methyl sites for hydroxylation is 1. The fourth-order valence-corrected chi connectivity index (χ4v) is 6.38. The Kier molecular flexibility index (Phi) is 10.5. The number of pyridine rings is 1. The average Bonchev–Trinajstić information content (AvgIpc) is 3.47. The molecule has 7 rings (SSSR count). The molecule has 274 valence electrons. The molecule has 2 aliphatic rings. The van der Waals surface area contributed by atoms with Gasteiger partial charge in [0.15, 0.2) is 5.69 Å². The van der Waals surface area contributed by atoms with Gasteiger partial charge in [-0.3, -0.25) is 0 Å². The Bertz CT molecular complexity index is 2180. The maximum absolute atomic E-state index is 12.7. The molecule has 0 aliphatic carbocycles. The molecule has 4 heterocycles. The van der Waals surface area contributed by atoms with Gasteiger partial charge in [0.25, 0.3) is 0 Å². The number of hydrogen-bond acceptors (Lipinski definition) is 8. The molecule has 0 unspecified atom stereocenters. The number of rotatable bonds is 10. The monoisotopic (exact) mass is 727 g/mol. The minimum Gasteiger partial charge on any atom is -0.493 e. The lowest BCUT2D eigenvalue weighted by Crippen LogP contribution is -2.32. The second-order valence-corrected chi connectivity index (χ2v) is 12.9. The fourth-order valence-electron chi connectivity index (χ4n) is 6.38. The maximum Gasteiger partial charge on any atom is 0.401 e. The number of nitrogens with zero attached hydrogens (tertiary/aromatic N) is 4. The normalized spacial score (nSPS) is 15.6. The van der Waals surface area contributed by atoms with Gasteiger partial charge in [0.2, 0.25) is 5.88 Å². The zero-order chi connectivity index (χ0) is 37.0. The molecule has 1 fully saturated rings. The molecule has 0 spiro atoms. The van der Waals surface area contributed by atoms with Crippen LogP contribution in [0.1, 0.15) is 45.7 Å². The van der Waals surface area contributed by atoms with Crippen LogP contribution in [0.25, 0.3) is 27.1 Å². The van der Waals surface area contributed by atoms with Gasteiger partial charge >= 0.3 is 12.1 Å². The Morgan fingerprint density at radius 1 is 1.06 bits per heavy atom. The number of benzene rings is 3. The zero-order valence-electron chi connectivity index (χ0n) is 28.6. The first kappa shape index (κ1) is 35.7. The summed E-state index contributed by atoms with van der Waals surface area (Å²) in [4.78, 5) is 25.5. The number of hydrogen-bond donors (Lipinski definition) is 2. The molecule has 14 heteroatoms. The molecule has 3 aromatic carbocycles. The second-order valence-electron chi connectivity index (χ2n) is 12.9. The third-order valence-corrected chi connectivity index (χ3v) is 9.16. The Labute approximate surface area is 303 Å². The van der Waals surface area contributed by atoms with Gasteiger partial charge in [-0.1, -0.05) is 42.0 Å². The lowest BCUT2D eigenvalue weighted by molar-refractivity contribution is -0.124. The van der Waals surface area contributed by atoms with Gasteiger partial charge < -0.3 is 33.9 Å². The number of carboxylic acid groups (broad SMARTS) is 1. The van der Waals surface area contributed by atoms with Crippen molar-refractivity contribution in [3.05, 3.63) is 106 Å². The minimum absolute atomic E-state index is 0.0386. The van der Waals surface area contributed by atoms with Crippen LogP contribution >= 0.6 is 0 Å². The van der Waals surface area contributed by atoms with E-state index in [-0.39, 0.29) is 30.6 Å². The van der Waals surface area contributed by atoms with Crippen LogP contribution in [0.3, 0.4) is 0 Å². The third-order valence-electron chi connectivity index (χ3n) is 9.16. The Hall–Kier alpha value is -5.65. The van der Waals surface area contributed by atoms with Gasteiger partial charge in [-0.25, -0.2) is 19.6 Å². The van der Waals surface area contributed by atoms with E-state index in [0.717, 1.165) is 28.7 Å². The number of imidazole rings is 1. The highest BCUT2D eigenvalue weighted by atomic mass is 19.4. The van der Waals surface area contributed by atoms with E-state index in [0.29, 0.717) is 85.5 Å². The van der Waals surface area contributed by atoms with Crippen LogP contribution in [0.2, 0.25) is 0 Å². The summed E-state index contributed by atoms with van der Waals surface area (Å²) >= 11 is 0. The molecule has 1 atom stereocenters. The van der Waals surface area contributed by atoms with Crippen molar-refractivity contribution < 1.29 is 42.0 Å². The van der Waals surface area contributed by atoms with E-state index in [1.165, 1.54) is 12.1 Å². The van der Waals surface area contributed by atoms with Gasteiger partial charge in [-0.15, -0.1) is 0 Å². The first-order valence-electron chi connectivity index (χ1n) is 17.3. The summed E-state index contributed by atoms with van der Waals surface area (Å²) in [5.41, 5.74) is 5.75. The van der Waals surface area contributed by atoms with E-state index in [1.54, 1.807) is 12.1 Å². The number of carbonyl (C=O) groups is 1. The number of ether oxygens (including phenoxy) is 4. The van der Waals surface area contributed by atoms with E-state index < -0.39 is 18.7 Å². The van der Waals surface area contributed by atoms with Crippen LogP contribution < -0.4 is 19.5 Å². The lowest BCUT2D eigenvalue weighted by atomic mass is 10.0. The van der Waals surface area contributed by atoms with Crippen LogP contribution in [-0.4, -0.2) is 70.8 Å². The molecule has 0 amide bonds. The molecule has 4 bridgehead atoms. The summed E-state index contributed by atoms with van der Waals surface area (Å²) in [5.74, 6) is 0.682. The fraction of sp³-hybridized carbons (Fsp3) is 0.333.